The molecule has 1 rings (SSSR count). The number of carboxylic acid groups (broad SMARTS) is 1. The van der Waals surface area contributed by atoms with Gasteiger partial charge in [0.05, 0.1) is 13.0 Å². The topological polar surface area (TPSA) is 49.8 Å². The van der Waals surface area contributed by atoms with Crippen molar-refractivity contribution in [2.45, 2.75) is 46.1 Å². The number of aliphatic carboxylic acids is 1. The highest BCUT2D eigenvalue weighted by Gasteiger charge is 2.21. The van der Waals surface area contributed by atoms with Gasteiger partial charge in [0.1, 0.15) is 5.75 Å². The van der Waals surface area contributed by atoms with Gasteiger partial charge in [0.2, 0.25) is 0 Å². The summed E-state index contributed by atoms with van der Waals surface area (Å²) < 4.78 is 5.73. The molecule has 0 aromatic heterocycles. The van der Waals surface area contributed by atoms with Crippen LogP contribution in [0.1, 0.15) is 39.2 Å². The maximum absolute atomic E-state index is 10.7. The fraction of sp³-hybridized carbons (Fsp3) is 0.588. The Bertz CT molecular complexity index is 452. The van der Waals surface area contributed by atoms with Gasteiger partial charge in [-0.15, -0.1) is 0 Å². The number of rotatable bonds is 8. The highest BCUT2D eigenvalue weighted by atomic mass is 16.5. The summed E-state index contributed by atoms with van der Waals surface area (Å²) in [5.41, 5.74) is 1.16. The molecule has 4 heteroatoms. The van der Waals surface area contributed by atoms with Gasteiger partial charge < -0.3 is 9.84 Å². The van der Waals surface area contributed by atoms with Crippen LogP contribution >= 0.6 is 0 Å². The standard InChI is InChI=1S/C17H27NO3/c1-14-7-5-8-15(13-14)21-12-6-10-18(17(2,3)4)11-9-16(19)20/h5,7-8,13H,6,9-12H2,1-4H3,(H,19,20). The summed E-state index contributed by atoms with van der Waals surface area (Å²) in [6.07, 6.45) is 1.06. The Labute approximate surface area is 127 Å². The van der Waals surface area contributed by atoms with E-state index in [1.54, 1.807) is 0 Å². The van der Waals surface area contributed by atoms with Gasteiger partial charge >= 0.3 is 5.97 Å². The van der Waals surface area contributed by atoms with E-state index in [1.807, 2.05) is 31.2 Å². The van der Waals surface area contributed by atoms with E-state index in [9.17, 15) is 4.79 Å². The Morgan fingerprint density at radius 3 is 2.57 bits per heavy atom. The number of nitrogens with zero attached hydrogens (tertiary/aromatic N) is 1. The van der Waals surface area contributed by atoms with Gasteiger partial charge in [0.15, 0.2) is 0 Å². The molecule has 118 valence electrons. The molecule has 1 N–H and O–H groups in total. The van der Waals surface area contributed by atoms with Gasteiger partial charge in [-0.2, -0.15) is 0 Å². The van der Waals surface area contributed by atoms with Gasteiger partial charge in [-0.05, 0) is 51.8 Å². The maximum atomic E-state index is 10.7. The van der Waals surface area contributed by atoms with Gasteiger partial charge in [-0.3, -0.25) is 9.69 Å². The third kappa shape index (κ3) is 7.14. The molecule has 0 atom stereocenters. The van der Waals surface area contributed by atoms with Crippen molar-refractivity contribution in [2.75, 3.05) is 19.7 Å². The molecule has 0 amide bonds. The van der Waals surface area contributed by atoms with Gasteiger partial charge in [-0.1, -0.05) is 12.1 Å². The smallest absolute Gasteiger partial charge is 0.304 e. The van der Waals surface area contributed by atoms with E-state index in [0.29, 0.717) is 13.2 Å². The van der Waals surface area contributed by atoms with Crippen molar-refractivity contribution in [2.24, 2.45) is 0 Å². The average Bonchev–Trinajstić information content (AvgIpc) is 2.36. The molecular formula is C17H27NO3. The summed E-state index contributed by atoms with van der Waals surface area (Å²) >= 11 is 0. The van der Waals surface area contributed by atoms with Gasteiger partial charge in [0.25, 0.3) is 0 Å². The molecule has 1 aromatic rings. The number of ether oxygens (including phenoxy) is 1. The second-order valence-corrected chi connectivity index (χ2v) is 6.32. The summed E-state index contributed by atoms with van der Waals surface area (Å²) in [6.45, 7) is 10.4. The predicted molar refractivity (Wildman–Crippen MR) is 84.9 cm³/mol. The number of carbonyl (C=O) groups is 1. The summed E-state index contributed by atoms with van der Waals surface area (Å²) in [4.78, 5) is 12.9. The number of aryl methyl sites for hydroxylation is 1. The van der Waals surface area contributed by atoms with Crippen molar-refractivity contribution < 1.29 is 14.6 Å². The Morgan fingerprint density at radius 1 is 1.29 bits per heavy atom. The molecule has 0 aliphatic rings. The van der Waals surface area contributed by atoms with Crippen molar-refractivity contribution in [1.29, 1.82) is 0 Å². The summed E-state index contributed by atoms with van der Waals surface area (Å²) in [5, 5.41) is 8.82. The number of hydrogen-bond donors (Lipinski definition) is 1. The van der Waals surface area contributed by atoms with E-state index < -0.39 is 5.97 Å². The second-order valence-electron chi connectivity index (χ2n) is 6.32. The summed E-state index contributed by atoms with van der Waals surface area (Å²) in [5.74, 6) is 0.142. The SMILES string of the molecule is Cc1cccc(OCCCN(CCC(=O)O)C(C)(C)C)c1. The molecule has 0 heterocycles. The highest BCUT2D eigenvalue weighted by molar-refractivity contribution is 5.66. The van der Waals surface area contributed by atoms with Crippen LogP contribution in [0.5, 0.6) is 5.75 Å². The minimum absolute atomic E-state index is 0.0290. The van der Waals surface area contributed by atoms with Crippen LogP contribution in [0.3, 0.4) is 0 Å². The van der Waals surface area contributed by atoms with Crippen LogP contribution in [-0.4, -0.2) is 41.2 Å². The van der Waals surface area contributed by atoms with Crippen molar-refractivity contribution in [3.63, 3.8) is 0 Å². The Balaban J connectivity index is 2.37. The lowest BCUT2D eigenvalue weighted by atomic mass is 10.1. The van der Waals surface area contributed by atoms with Gasteiger partial charge in [-0.25, -0.2) is 0 Å². The zero-order valence-electron chi connectivity index (χ0n) is 13.6. The van der Waals surface area contributed by atoms with E-state index in [1.165, 1.54) is 5.56 Å². The first-order valence-electron chi connectivity index (χ1n) is 7.45. The van der Waals surface area contributed by atoms with Crippen molar-refractivity contribution in [3.05, 3.63) is 29.8 Å². The first-order valence-corrected chi connectivity index (χ1v) is 7.45. The lowest BCUT2D eigenvalue weighted by Crippen LogP contribution is -2.43. The molecular weight excluding hydrogens is 266 g/mol. The molecule has 0 radical (unpaired) electrons. The quantitative estimate of drug-likeness (QED) is 0.747. The maximum Gasteiger partial charge on any atom is 0.304 e. The summed E-state index contributed by atoms with van der Waals surface area (Å²) in [6, 6.07) is 8.00. The Kier molecular flexibility index (Phi) is 6.69. The zero-order valence-corrected chi connectivity index (χ0v) is 13.6. The van der Waals surface area contributed by atoms with E-state index in [2.05, 4.69) is 25.7 Å². The molecule has 0 aliphatic heterocycles. The van der Waals surface area contributed by atoms with Crippen molar-refractivity contribution >= 4 is 5.97 Å². The third-order valence-corrected chi connectivity index (χ3v) is 3.37. The molecule has 0 aliphatic carbocycles. The van der Waals surface area contributed by atoms with Crippen LogP contribution < -0.4 is 4.74 Å². The fourth-order valence-electron chi connectivity index (χ4n) is 2.16. The van der Waals surface area contributed by atoms with E-state index in [0.717, 1.165) is 18.7 Å². The third-order valence-electron chi connectivity index (χ3n) is 3.37. The normalized spacial score (nSPS) is 11.7. The van der Waals surface area contributed by atoms with E-state index in [-0.39, 0.29) is 12.0 Å². The molecule has 0 saturated heterocycles. The zero-order chi connectivity index (χ0) is 15.9. The van der Waals surface area contributed by atoms with Gasteiger partial charge in [0, 0.05) is 18.6 Å². The van der Waals surface area contributed by atoms with Crippen molar-refractivity contribution in [1.82, 2.24) is 4.90 Å². The van der Waals surface area contributed by atoms with Crippen LogP contribution in [0.4, 0.5) is 0 Å². The molecule has 21 heavy (non-hydrogen) atoms. The molecule has 0 spiro atoms. The van der Waals surface area contributed by atoms with Crippen LogP contribution in [0, 0.1) is 6.92 Å². The van der Waals surface area contributed by atoms with Crippen molar-refractivity contribution in [3.8, 4) is 5.75 Å². The minimum Gasteiger partial charge on any atom is -0.494 e. The molecule has 0 bridgehead atoms. The minimum atomic E-state index is -0.750. The highest BCUT2D eigenvalue weighted by Crippen LogP contribution is 2.15. The average molecular weight is 293 g/mol. The van der Waals surface area contributed by atoms with E-state index >= 15 is 0 Å². The van der Waals surface area contributed by atoms with E-state index in [4.69, 9.17) is 9.84 Å². The predicted octanol–water partition coefficient (Wildman–Crippen LogP) is 3.34. The second kappa shape index (κ2) is 8.03. The lowest BCUT2D eigenvalue weighted by molar-refractivity contribution is -0.137. The monoisotopic (exact) mass is 293 g/mol. The molecule has 1 aromatic carbocycles. The number of benzene rings is 1. The van der Waals surface area contributed by atoms with Crippen LogP contribution in [0.25, 0.3) is 0 Å². The van der Waals surface area contributed by atoms with Crippen LogP contribution in [-0.2, 0) is 4.79 Å². The van der Waals surface area contributed by atoms with Crippen LogP contribution in [0.15, 0.2) is 24.3 Å². The summed E-state index contributed by atoms with van der Waals surface area (Å²) in [7, 11) is 0. The van der Waals surface area contributed by atoms with Crippen LogP contribution in [0.2, 0.25) is 0 Å². The largest absolute Gasteiger partial charge is 0.494 e. The Hall–Kier alpha value is -1.55. The number of carboxylic acids is 1. The Morgan fingerprint density at radius 2 is 2.00 bits per heavy atom. The fourth-order valence-corrected chi connectivity index (χ4v) is 2.16. The molecule has 0 fully saturated rings. The number of hydrogen-bond acceptors (Lipinski definition) is 3. The molecule has 0 saturated carbocycles. The molecule has 4 nitrogen and oxygen atoms in total. The lowest BCUT2D eigenvalue weighted by Gasteiger charge is -2.35. The first kappa shape index (κ1) is 17.5. The first-order chi connectivity index (χ1) is 9.79. The molecule has 0 unspecified atom stereocenters.